The number of hydrogen-bond donors (Lipinski definition) is 1. The van der Waals surface area contributed by atoms with E-state index >= 15 is 0 Å². The van der Waals surface area contributed by atoms with Gasteiger partial charge >= 0.3 is 0 Å². The number of benzene rings is 1. The zero-order chi connectivity index (χ0) is 12.4. The molecule has 1 heterocycles. The van der Waals surface area contributed by atoms with Crippen molar-refractivity contribution in [1.29, 1.82) is 0 Å². The molecule has 1 aromatic carbocycles. The molecular weight excluding hydrogens is 226 g/mol. The van der Waals surface area contributed by atoms with E-state index in [0.29, 0.717) is 5.89 Å². The zero-order valence-electron chi connectivity index (χ0n) is 10.6. The molecule has 1 N–H and O–H groups in total. The lowest BCUT2D eigenvalue weighted by Crippen LogP contribution is -2.10. The third kappa shape index (κ3) is 2.16. The van der Waals surface area contributed by atoms with Crippen molar-refractivity contribution < 1.29 is 4.52 Å². The molecule has 0 atom stereocenters. The molecule has 1 aromatic heterocycles. The number of likely N-dealkylation sites (N-methyl/N-ethyl adjacent to an activating group) is 1. The number of fused-ring (bicyclic) bond motifs is 1. The maximum Gasteiger partial charge on any atom is 0.257 e. The summed E-state index contributed by atoms with van der Waals surface area (Å²) >= 11 is 0. The molecule has 0 spiro atoms. The maximum absolute atomic E-state index is 5.32. The quantitative estimate of drug-likeness (QED) is 0.892. The number of nitrogens with zero attached hydrogens (tertiary/aromatic N) is 2. The fourth-order valence-electron chi connectivity index (χ4n) is 2.41. The first-order valence-corrected chi connectivity index (χ1v) is 6.46. The van der Waals surface area contributed by atoms with Gasteiger partial charge < -0.3 is 9.84 Å². The van der Waals surface area contributed by atoms with Crippen LogP contribution in [0.1, 0.15) is 23.4 Å². The Morgan fingerprint density at radius 2 is 2.17 bits per heavy atom. The molecule has 0 radical (unpaired) electrons. The van der Waals surface area contributed by atoms with Crippen LogP contribution in [0.5, 0.6) is 0 Å². The highest BCUT2D eigenvalue weighted by atomic mass is 16.5. The third-order valence-corrected chi connectivity index (χ3v) is 3.41. The second-order valence-corrected chi connectivity index (χ2v) is 4.71. The lowest BCUT2D eigenvalue weighted by molar-refractivity contribution is 0.422. The summed E-state index contributed by atoms with van der Waals surface area (Å²) in [6.45, 7) is 0.864. The topological polar surface area (TPSA) is 51.0 Å². The van der Waals surface area contributed by atoms with E-state index in [1.165, 1.54) is 30.4 Å². The van der Waals surface area contributed by atoms with Crippen LogP contribution in [0, 0.1) is 0 Å². The number of aryl methyl sites for hydroxylation is 2. The average Bonchev–Trinajstić information content (AvgIpc) is 3.04. The van der Waals surface area contributed by atoms with Crippen LogP contribution in [0.25, 0.3) is 11.5 Å². The number of hydrogen-bond acceptors (Lipinski definition) is 4. The molecule has 0 saturated heterocycles. The summed E-state index contributed by atoms with van der Waals surface area (Å²) in [6, 6.07) is 6.46. The van der Waals surface area contributed by atoms with Gasteiger partial charge in [-0.25, -0.2) is 0 Å². The van der Waals surface area contributed by atoms with Gasteiger partial charge in [0.15, 0.2) is 5.82 Å². The summed E-state index contributed by atoms with van der Waals surface area (Å²) in [5, 5.41) is 7.08. The highest BCUT2D eigenvalue weighted by molar-refractivity contribution is 5.56. The molecule has 0 unspecified atom stereocenters. The predicted molar refractivity (Wildman–Crippen MR) is 69.4 cm³/mol. The summed E-state index contributed by atoms with van der Waals surface area (Å²) in [5.41, 5.74) is 3.94. The summed E-state index contributed by atoms with van der Waals surface area (Å²) in [7, 11) is 1.92. The molecule has 4 nitrogen and oxygen atoms in total. The lowest BCUT2D eigenvalue weighted by Gasteiger charge is -2.00. The van der Waals surface area contributed by atoms with Gasteiger partial charge in [-0.05, 0) is 49.6 Å². The fraction of sp³-hybridized carbons (Fsp3) is 0.429. The largest absolute Gasteiger partial charge is 0.334 e. The maximum atomic E-state index is 5.32. The van der Waals surface area contributed by atoms with Gasteiger partial charge in [-0.3, -0.25) is 0 Å². The molecule has 0 fully saturated rings. The van der Waals surface area contributed by atoms with Crippen molar-refractivity contribution in [2.45, 2.75) is 25.7 Å². The Kier molecular flexibility index (Phi) is 3.11. The minimum Gasteiger partial charge on any atom is -0.334 e. The highest BCUT2D eigenvalue weighted by Gasteiger charge is 2.14. The average molecular weight is 243 g/mol. The van der Waals surface area contributed by atoms with E-state index in [2.05, 4.69) is 33.7 Å². The fourth-order valence-corrected chi connectivity index (χ4v) is 2.41. The van der Waals surface area contributed by atoms with E-state index in [1.807, 2.05) is 7.05 Å². The van der Waals surface area contributed by atoms with Crippen molar-refractivity contribution in [2.24, 2.45) is 0 Å². The summed E-state index contributed by atoms with van der Waals surface area (Å²) in [5.74, 6) is 1.40. The van der Waals surface area contributed by atoms with E-state index in [-0.39, 0.29) is 0 Å². The first-order chi connectivity index (χ1) is 8.86. The molecule has 0 saturated carbocycles. The normalized spacial score (nSPS) is 13.8. The Morgan fingerprint density at radius 1 is 1.28 bits per heavy atom. The molecular formula is C14H17N3O. The van der Waals surface area contributed by atoms with Crippen LogP contribution in [0.4, 0.5) is 0 Å². The smallest absolute Gasteiger partial charge is 0.257 e. The Labute approximate surface area is 106 Å². The van der Waals surface area contributed by atoms with E-state index in [4.69, 9.17) is 4.52 Å². The molecule has 1 aliphatic rings. The van der Waals surface area contributed by atoms with Crippen molar-refractivity contribution in [2.75, 3.05) is 13.6 Å². The van der Waals surface area contributed by atoms with Crippen molar-refractivity contribution in [3.8, 4) is 11.5 Å². The Balaban J connectivity index is 1.83. The highest BCUT2D eigenvalue weighted by Crippen LogP contribution is 2.27. The third-order valence-electron chi connectivity index (χ3n) is 3.41. The van der Waals surface area contributed by atoms with E-state index in [0.717, 1.165) is 24.4 Å². The molecule has 0 amide bonds. The Hall–Kier alpha value is -1.68. The number of nitrogens with one attached hydrogen (secondary N) is 1. The summed E-state index contributed by atoms with van der Waals surface area (Å²) < 4.78 is 5.32. The van der Waals surface area contributed by atoms with Crippen molar-refractivity contribution in [1.82, 2.24) is 15.5 Å². The molecule has 1 aliphatic carbocycles. The van der Waals surface area contributed by atoms with Crippen LogP contribution in [-0.2, 0) is 19.3 Å². The van der Waals surface area contributed by atoms with Gasteiger partial charge in [0.2, 0.25) is 0 Å². The second-order valence-electron chi connectivity index (χ2n) is 4.71. The predicted octanol–water partition coefficient (Wildman–Crippen LogP) is 1.99. The van der Waals surface area contributed by atoms with Crippen LogP contribution in [0.2, 0.25) is 0 Å². The van der Waals surface area contributed by atoms with Crippen LogP contribution < -0.4 is 5.32 Å². The summed E-state index contributed by atoms with van der Waals surface area (Å²) in [4.78, 5) is 4.43. The van der Waals surface area contributed by atoms with E-state index < -0.39 is 0 Å². The molecule has 0 bridgehead atoms. The zero-order valence-corrected chi connectivity index (χ0v) is 10.6. The standard InChI is InChI=1S/C14H17N3O/c1-15-8-7-13-16-14(18-17-13)12-6-5-10-3-2-4-11(10)9-12/h5-6,9,15H,2-4,7-8H2,1H3. The van der Waals surface area contributed by atoms with Gasteiger partial charge in [0.1, 0.15) is 0 Å². The van der Waals surface area contributed by atoms with E-state index in [9.17, 15) is 0 Å². The number of aromatic nitrogens is 2. The SMILES string of the molecule is CNCCc1noc(-c2ccc3c(c2)CCC3)n1. The van der Waals surface area contributed by atoms with Crippen molar-refractivity contribution in [3.05, 3.63) is 35.2 Å². The van der Waals surface area contributed by atoms with Crippen molar-refractivity contribution >= 4 is 0 Å². The lowest BCUT2D eigenvalue weighted by atomic mass is 10.1. The number of rotatable bonds is 4. The van der Waals surface area contributed by atoms with Gasteiger partial charge in [0.25, 0.3) is 5.89 Å². The van der Waals surface area contributed by atoms with Crippen LogP contribution in [-0.4, -0.2) is 23.7 Å². The van der Waals surface area contributed by atoms with Gasteiger partial charge in [0.05, 0.1) is 0 Å². The van der Waals surface area contributed by atoms with Crippen molar-refractivity contribution in [3.63, 3.8) is 0 Å². The van der Waals surface area contributed by atoms with Crippen LogP contribution >= 0.6 is 0 Å². The van der Waals surface area contributed by atoms with Gasteiger partial charge in [-0.1, -0.05) is 11.2 Å². The Bertz CT molecular complexity index is 548. The first-order valence-electron chi connectivity index (χ1n) is 6.46. The first kappa shape index (κ1) is 11.4. The second kappa shape index (κ2) is 4.90. The minimum atomic E-state index is 0.635. The minimum absolute atomic E-state index is 0.635. The summed E-state index contributed by atoms with van der Waals surface area (Å²) in [6.07, 6.45) is 4.43. The molecule has 18 heavy (non-hydrogen) atoms. The molecule has 94 valence electrons. The van der Waals surface area contributed by atoms with Crippen LogP contribution in [0.3, 0.4) is 0 Å². The monoisotopic (exact) mass is 243 g/mol. The van der Waals surface area contributed by atoms with Gasteiger partial charge in [-0.15, -0.1) is 0 Å². The molecule has 4 heteroatoms. The molecule has 2 aromatic rings. The van der Waals surface area contributed by atoms with E-state index in [1.54, 1.807) is 0 Å². The molecule has 3 rings (SSSR count). The van der Waals surface area contributed by atoms with Gasteiger partial charge in [-0.2, -0.15) is 4.98 Å². The van der Waals surface area contributed by atoms with Crippen LogP contribution in [0.15, 0.2) is 22.7 Å². The Morgan fingerprint density at radius 3 is 3.06 bits per heavy atom. The van der Waals surface area contributed by atoms with Gasteiger partial charge in [0, 0.05) is 18.5 Å². The molecule has 0 aliphatic heterocycles.